The Morgan fingerprint density at radius 2 is 1.90 bits per heavy atom. The van der Waals surface area contributed by atoms with E-state index in [1.54, 1.807) is 0 Å². The van der Waals surface area contributed by atoms with E-state index in [1.165, 1.54) is 0 Å². The van der Waals surface area contributed by atoms with E-state index >= 15 is 0 Å². The van der Waals surface area contributed by atoms with Crippen molar-refractivity contribution >= 4 is 0 Å². The fourth-order valence-electron chi connectivity index (χ4n) is 3.40. The van der Waals surface area contributed by atoms with E-state index < -0.39 is 5.79 Å². The number of hydrogen-bond donors (Lipinski definition) is 1. The van der Waals surface area contributed by atoms with Crippen molar-refractivity contribution in [3.63, 3.8) is 0 Å². The molecule has 5 nitrogen and oxygen atoms in total. The molecule has 2 aliphatic rings. The number of aliphatic hydroxyl groups excluding tert-OH is 1. The summed E-state index contributed by atoms with van der Waals surface area (Å²) < 4.78 is 11.7. The summed E-state index contributed by atoms with van der Waals surface area (Å²) in [6.45, 7) is 6.61. The Hall–Kier alpha value is -0.200. The highest BCUT2D eigenvalue weighted by molar-refractivity contribution is 4.93. The maximum Gasteiger partial charge on any atom is 0.170 e. The standard InChI is InChI=1S/C15H30N2O3/c1-4-17(9-5-8-16(2)3)13-12-15(7-6-14(13)18)19-10-11-20-15/h13-14,18H,4-12H2,1-3H3. The Bertz CT molecular complexity index is 293. The average molecular weight is 286 g/mol. The molecule has 0 aromatic carbocycles. The summed E-state index contributed by atoms with van der Waals surface area (Å²) in [6, 6.07) is 0.161. The Balaban J connectivity index is 1.92. The van der Waals surface area contributed by atoms with E-state index in [2.05, 4.69) is 30.8 Å². The smallest absolute Gasteiger partial charge is 0.170 e. The number of aliphatic hydroxyl groups is 1. The third-order valence-electron chi connectivity index (χ3n) is 4.52. The van der Waals surface area contributed by atoms with Gasteiger partial charge in [0.2, 0.25) is 0 Å². The molecule has 20 heavy (non-hydrogen) atoms. The van der Waals surface area contributed by atoms with Gasteiger partial charge < -0.3 is 19.5 Å². The van der Waals surface area contributed by atoms with Gasteiger partial charge in [-0.1, -0.05) is 6.92 Å². The highest BCUT2D eigenvalue weighted by atomic mass is 16.7. The third kappa shape index (κ3) is 3.92. The molecule has 1 spiro atoms. The van der Waals surface area contributed by atoms with Crippen molar-refractivity contribution < 1.29 is 14.6 Å². The van der Waals surface area contributed by atoms with Gasteiger partial charge >= 0.3 is 0 Å². The molecule has 118 valence electrons. The SMILES string of the molecule is CCN(CCCN(C)C)C1CC2(CCC1O)OCCO2. The highest BCUT2D eigenvalue weighted by Gasteiger charge is 2.46. The predicted molar refractivity (Wildman–Crippen MR) is 78.7 cm³/mol. The minimum atomic E-state index is -0.418. The van der Waals surface area contributed by atoms with E-state index in [9.17, 15) is 5.11 Å². The number of hydrogen-bond acceptors (Lipinski definition) is 5. The molecule has 2 unspecified atom stereocenters. The molecular formula is C15H30N2O3. The maximum absolute atomic E-state index is 10.4. The first kappa shape index (κ1) is 16.2. The van der Waals surface area contributed by atoms with Crippen molar-refractivity contribution in [2.45, 2.75) is 50.5 Å². The van der Waals surface area contributed by atoms with Gasteiger partial charge in [-0.05, 0) is 46.6 Å². The lowest BCUT2D eigenvalue weighted by atomic mass is 9.86. The second-order valence-electron chi connectivity index (χ2n) is 6.27. The zero-order valence-electron chi connectivity index (χ0n) is 13.2. The summed E-state index contributed by atoms with van der Waals surface area (Å²) in [5.74, 6) is -0.418. The summed E-state index contributed by atoms with van der Waals surface area (Å²) in [4.78, 5) is 4.59. The summed E-state index contributed by atoms with van der Waals surface area (Å²) >= 11 is 0. The molecule has 1 saturated heterocycles. The zero-order valence-corrected chi connectivity index (χ0v) is 13.2. The van der Waals surface area contributed by atoms with Crippen LogP contribution >= 0.6 is 0 Å². The van der Waals surface area contributed by atoms with Crippen LogP contribution in [0, 0.1) is 0 Å². The first-order valence-corrected chi connectivity index (χ1v) is 7.91. The quantitative estimate of drug-likeness (QED) is 0.786. The van der Waals surface area contributed by atoms with Crippen LogP contribution in [-0.4, -0.2) is 79.8 Å². The lowest BCUT2D eigenvalue weighted by Gasteiger charge is -2.44. The largest absolute Gasteiger partial charge is 0.391 e. The molecule has 0 bridgehead atoms. The molecule has 5 heteroatoms. The second kappa shape index (κ2) is 7.18. The fourth-order valence-corrected chi connectivity index (χ4v) is 3.40. The molecule has 2 rings (SSSR count). The molecule has 2 fully saturated rings. The lowest BCUT2D eigenvalue weighted by Crippen LogP contribution is -2.53. The maximum atomic E-state index is 10.4. The Morgan fingerprint density at radius 1 is 1.20 bits per heavy atom. The van der Waals surface area contributed by atoms with E-state index in [4.69, 9.17) is 9.47 Å². The zero-order chi connectivity index (χ0) is 14.6. The van der Waals surface area contributed by atoms with Crippen molar-refractivity contribution in [3.05, 3.63) is 0 Å². The van der Waals surface area contributed by atoms with E-state index in [0.29, 0.717) is 13.2 Å². The van der Waals surface area contributed by atoms with Gasteiger partial charge in [0, 0.05) is 18.9 Å². The average Bonchev–Trinajstić information content (AvgIpc) is 2.86. The molecule has 0 amide bonds. The van der Waals surface area contributed by atoms with Crippen LogP contribution in [0.1, 0.15) is 32.6 Å². The van der Waals surface area contributed by atoms with Crippen LogP contribution in [0.2, 0.25) is 0 Å². The van der Waals surface area contributed by atoms with Crippen molar-refractivity contribution in [2.75, 3.05) is 46.9 Å². The topological polar surface area (TPSA) is 45.2 Å². The van der Waals surface area contributed by atoms with Crippen LogP contribution in [-0.2, 0) is 9.47 Å². The highest BCUT2D eigenvalue weighted by Crippen LogP contribution is 2.37. The van der Waals surface area contributed by atoms with Gasteiger partial charge in [0.1, 0.15) is 0 Å². The van der Waals surface area contributed by atoms with Gasteiger partial charge in [-0.3, -0.25) is 4.90 Å². The first-order valence-electron chi connectivity index (χ1n) is 7.91. The van der Waals surface area contributed by atoms with Crippen molar-refractivity contribution in [1.29, 1.82) is 0 Å². The van der Waals surface area contributed by atoms with Crippen LogP contribution < -0.4 is 0 Å². The monoisotopic (exact) mass is 286 g/mol. The van der Waals surface area contributed by atoms with Gasteiger partial charge in [0.15, 0.2) is 5.79 Å². The van der Waals surface area contributed by atoms with E-state index in [1.807, 2.05) is 0 Å². The van der Waals surface area contributed by atoms with E-state index in [-0.39, 0.29) is 12.1 Å². The van der Waals surface area contributed by atoms with Crippen LogP contribution in [0.25, 0.3) is 0 Å². The molecule has 2 atom stereocenters. The molecule has 0 radical (unpaired) electrons. The summed E-state index contributed by atoms with van der Waals surface area (Å²) in [6.07, 6.45) is 3.25. The molecule has 0 aromatic rings. The van der Waals surface area contributed by atoms with E-state index in [0.717, 1.165) is 45.3 Å². The number of rotatable bonds is 6. The summed E-state index contributed by atoms with van der Waals surface area (Å²) in [5.41, 5.74) is 0. The Labute approximate surface area is 122 Å². The number of likely N-dealkylation sites (N-methyl/N-ethyl adjacent to an activating group) is 1. The first-order chi connectivity index (χ1) is 9.56. The third-order valence-corrected chi connectivity index (χ3v) is 4.52. The van der Waals surface area contributed by atoms with Crippen molar-refractivity contribution in [1.82, 2.24) is 9.80 Å². The van der Waals surface area contributed by atoms with Crippen LogP contribution in [0.4, 0.5) is 0 Å². The number of ether oxygens (including phenoxy) is 2. The Morgan fingerprint density at radius 3 is 2.50 bits per heavy atom. The van der Waals surface area contributed by atoms with Crippen molar-refractivity contribution in [2.24, 2.45) is 0 Å². The van der Waals surface area contributed by atoms with Gasteiger partial charge in [-0.15, -0.1) is 0 Å². The molecular weight excluding hydrogens is 256 g/mol. The molecule has 1 aliphatic heterocycles. The molecule has 1 N–H and O–H groups in total. The van der Waals surface area contributed by atoms with Gasteiger partial charge in [-0.2, -0.15) is 0 Å². The molecule has 1 saturated carbocycles. The van der Waals surface area contributed by atoms with Gasteiger partial charge in [-0.25, -0.2) is 0 Å². The predicted octanol–water partition coefficient (Wildman–Crippen LogP) is 0.917. The van der Waals surface area contributed by atoms with Crippen LogP contribution in [0.3, 0.4) is 0 Å². The number of nitrogens with zero attached hydrogens (tertiary/aromatic N) is 2. The van der Waals surface area contributed by atoms with Crippen molar-refractivity contribution in [3.8, 4) is 0 Å². The van der Waals surface area contributed by atoms with Crippen LogP contribution in [0.5, 0.6) is 0 Å². The second-order valence-corrected chi connectivity index (χ2v) is 6.27. The fraction of sp³-hybridized carbons (Fsp3) is 1.00. The summed E-state index contributed by atoms with van der Waals surface area (Å²) in [5, 5.41) is 10.4. The van der Waals surface area contributed by atoms with Gasteiger partial charge in [0.25, 0.3) is 0 Å². The lowest BCUT2D eigenvalue weighted by molar-refractivity contribution is -0.205. The molecule has 0 aromatic heterocycles. The Kier molecular flexibility index (Phi) is 5.81. The molecule has 1 aliphatic carbocycles. The minimum absolute atomic E-state index is 0.161. The summed E-state index contributed by atoms with van der Waals surface area (Å²) in [7, 11) is 4.20. The van der Waals surface area contributed by atoms with Gasteiger partial charge in [0.05, 0.1) is 19.3 Å². The van der Waals surface area contributed by atoms with Crippen LogP contribution in [0.15, 0.2) is 0 Å². The normalized spacial score (nSPS) is 29.7. The minimum Gasteiger partial charge on any atom is -0.391 e. The molecule has 1 heterocycles.